The lowest BCUT2D eigenvalue weighted by molar-refractivity contribution is -0.121. The number of nitrogens with one attached hydrogen (secondary N) is 2. The maximum absolute atomic E-state index is 13.8. The van der Waals surface area contributed by atoms with Crippen LogP contribution in [0.15, 0.2) is 78.9 Å². The van der Waals surface area contributed by atoms with Gasteiger partial charge in [0.2, 0.25) is 11.8 Å². The number of aromatic nitrogens is 2. The fourth-order valence-corrected chi connectivity index (χ4v) is 6.01. The molecular weight excluding hydrogens is 522 g/mol. The summed E-state index contributed by atoms with van der Waals surface area (Å²) in [6.45, 7) is 2.41. The molecule has 9 heteroatoms. The van der Waals surface area contributed by atoms with Crippen LogP contribution in [0.1, 0.15) is 30.1 Å². The Kier molecular flexibility index (Phi) is 6.96. The van der Waals surface area contributed by atoms with Gasteiger partial charge >= 0.3 is 0 Å². The van der Waals surface area contributed by atoms with Gasteiger partial charge in [0.25, 0.3) is 5.91 Å². The lowest BCUT2D eigenvalue weighted by Crippen LogP contribution is -2.41. The molecule has 3 amide bonds. The minimum absolute atomic E-state index is 0.0668. The summed E-state index contributed by atoms with van der Waals surface area (Å²) in [7, 11) is 0. The van der Waals surface area contributed by atoms with Crippen LogP contribution in [0.25, 0.3) is 31.8 Å². The van der Waals surface area contributed by atoms with Gasteiger partial charge in [0, 0.05) is 42.7 Å². The van der Waals surface area contributed by atoms with Crippen LogP contribution < -0.4 is 10.6 Å². The number of amides is 3. The van der Waals surface area contributed by atoms with Gasteiger partial charge in [-0.3, -0.25) is 14.4 Å². The fraction of sp³-hybridized carbons (Fsp3) is 0.194. The third-order valence-corrected chi connectivity index (χ3v) is 8.12. The molecule has 0 radical (unpaired) electrons. The van der Waals surface area contributed by atoms with Crippen molar-refractivity contribution in [3.05, 3.63) is 84.4 Å². The first kappa shape index (κ1) is 25.6. The summed E-state index contributed by atoms with van der Waals surface area (Å²) in [6.07, 6.45) is 1.13. The number of fused-ring (bicyclic) bond motifs is 2. The number of hydrogen-bond acceptors (Lipinski definition) is 6. The standard InChI is InChI=1S/C31H27N5O3S/c1-19(37)32-21-7-6-8-22(17-21)33-29(38)20-13-15-36(16-14-20)31(39)24-18-27(34-25-10-3-2-9-23(24)25)30-35-26-11-4-5-12-28(26)40-30/h2-12,17-18,20H,13-16H2,1H3,(H,32,37)(H,33,38). The summed E-state index contributed by atoms with van der Waals surface area (Å²) in [5.41, 5.74) is 4.18. The van der Waals surface area contributed by atoms with Gasteiger partial charge in [-0.2, -0.15) is 0 Å². The first-order valence-corrected chi connectivity index (χ1v) is 14.0. The van der Waals surface area contributed by atoms with Crippen molar-refractivity contribution in [2.24, 2.45) is 5.92 Å². The second-order valence-corrected chi connectivity index (χ2v) is 10.9. The molecular formula is C31H27N5O3S. The zero-order chi connectivity index (χ0) is 27.6. The number of thiazole rings is 1. The van der Waals surface area contributed by atoms with Crippen LogP contribution >= 0.6 is 11.3 Å². The molecule has 1 saturated heterocycles. The van der Waals surface area contributed by atoms with E-state index in [9.17, 15) is 14.4 Å². The third kappa shape index (κ3) is 5.28. The molecule has 3 aromatic carbocycles. The van der Waals surface area contributed by atoms with Crippen LogP contribution in [0.2, 0.25) is 0 Å². The molecule has 0 saturated carbocycles. The molecule has 8 nitrogen and oxygen atoms in total. The van der Waals surface area contributed by atoms with Gasteiger partial charge in [-0.1, -0.05) is 36.4 Å². The summed E-state index contributed by atoms with van der Waals surface area (Å²) in [5, 5.41) is 7.26. The zero-order valence-electron chi connectivity index (χ0n) is 21.9. The summed E-state index contributed by atoms with van der Waals surface area (Å²) in [4.78, 5) is 49.5. The Bertz CT molecular complexity index is 1720. The molecule has 0 aliphatic carbocycles. The van der Waals surface area contributed by atoms with E-state index in [1.807, 2.05) is 59.5 Å². The highest BCUT2D eigenvalue weighted by Crippen LogP contribution is 2.32. The van der Waals surface area contributed by atoms with E-state index >= 15 is 0 Å². The van der Waals surface area contributed by atoms with Gasteiger partial charge in [0.15, 0.2) is 0 Å². The number of anilines is 2. The van der Waals surface area contributed by atoms with Crippen molar-refractivity contribution in [3.63, 3.8) is 0 Å². The summed E-state index contributed by atoms with van der Waals surface area (Å²) < 4.78 is 1.07. The predicted molar refractivity (Wildman–Crippen MR) is 158 cm³/mol. The minimum Gasteiger partial charge on any atom is -0.339 e. The quantitative estimate of drug-likeness (QED) is 0.282. The van der Waals surface area contributed by atoms with Crippen LogP contribution in [0.5, 0.6) is 0 Å². The summed E-state index contributed by atoms with van der Waals surface area (Å²) >= 11 is 1.56. The second kappa shape index (κ2) is 10.9. The Morgan fingerprint density at radius 1 is 0.825 bits per heavy atom. The van der Waals surface area contributed by atoms with E-state index in [4.69, 9.17) is 9.97 Å². The number of nitrogens with zero attached hydrogens (tertiary/aromatic N) is 3. The van der Waals surface area contributed by atoms with Crippen molar-refractivity contribution in [3.8, 4) is 10.7 Å². The number of benzene rings is 3. The smallest absolute Gasteiger partial charge is 0.254 e. The highest BCUT2D eigenvalue weighted by molar-refractivity contribution is 7.21. The van der Waals surface area contributed by atoms with Crippen LogP contribution in [-0.4, -0.2) is 45.7 Å². The van der Waals surface area contributed by atoms with E-state index in [-0.39, 0.29) is 23.6 Å². The SMILES string of the molecule is CC(=O)Nc1cccc(NC(=O)C2CCN(C(=O)c3cc(-c4nc5ccccc5s4)nc4ccccc34)CC2)c1. The van der Waals surface area contributed by atoms with Gasteiger partial charge in [-0.25, -0.2) is 9.97 Å². The van der Waals surface area contributed by atoms with Crippen LogP contribution in [-0.2, 0) is 9.59 Å². The van der Waals surface area contributed by atoms with Gasteiger partial charge < -0.3 is 15.5 Å². The molecule has 6 rings (SSSR count). The van der Waals surface area contributed by atoms with Gasteiger partial charge in [0.05, 0.1) is 21.3 Å². The molecule has 0 bridgehead atoms. The second-order valence-electron chi connectivity index (χ2n) is 9.88. The molecule has 2 N–H and O–H groups in total. The van der Waals surface area contributed by atoms with E-state index in [0.29, 0.717) is 48.6 Å². The molecule has 1 aliphatic heterocycles. The van der Waals surface area contributed by atoms with E-state index in [2.05, 4.69) is 10.6 Å². The molecule has 0 spiro atoms. The van der Waals surface area contributed by atoms with E-state index in [1.54, 1.807) is 35.6 Å². The highest BCUT2D eigenvalue weighted by atomic mass is 32.1. The molecule has 5 aromatic rings. The summed E-state index contributed by atoms with van der Waals surface area (Å²) in [5.74, 6) is -0.530. The Morgan fingerprint density at radius 3 is 2.27 bits per heavy atom. The van der Waals surface area contributed by atoms with Crippen molar-refractivity contribution in [1.29, 1.82) is 0 Å². The van der Waals surface area contributed by atoms with Gasteiger partial charge in [-0.05, 0) is 55.3 Å². The number of carbonyl (C=O) groups is 3. The number of likely N-dealkylation sites (tertiary alicyclic amines) is 1. The molecule has 1 fully saturated rings. The van der Waals surface area contributed by atoms with Crippen molar-refractivity contribution in [2.45, 2.75) is 19.8 Å². The van der Waals surface area contributed by atoms with Crippen molar-refractivity contribution in [1.82, 2.24) is 14.9 Å². The summed E-state index contributed by atoms with van der Waals surface area (Å²) in [6, 6.07) is 24.5. The van der Waals surface area contributed by atoms with Crippen molar-refractivity contribution < 1.29 is 14.4 Å². The van der Waals surface area contributed by atoms with Crippen molar-refractivity contribution >= 4 is 61.6 Å². The van der Waals surface area contributed by atoms with Crippen LogP contribution in [0.3, 0.4) is 0 Å². The molecule has 200 valence electrons. The number of hydrogen-bond donors (Lipinski definition) is 2. The molecule has 40 heavy (non-hydrogen) atoms. The Balaban J connectivity index is 1.19. The topological polar surface area (TPSA) is 104 Å². The number of carbonyl (C=O) groups excluding carboxylic acids is 3. The molecule has 2 aromatic heterocycles. The Morgan fingerprint density at radius 2 is 1.52 bits per heavy atom. The maximum Gasteiger partial charge on any atom is 0.254 e. The van der Waals surface area contributed by atoms with Crippen molar-refractivity contribution in [2.75, 3.05) is 23.7 Å². The van der Waals surface area contributed by atoms with E-state index in [1.165, 1.54) is 6.92 Å². The minimum atomic E-state index is -0.207. The molecule has 0 unspecified atom stereocenters. The van der Waals surface area contributed by atoms with E-state index < -0.39 is 0 Å². The van der Waals surface area contributed by atoms with Gasteiger partial charge in [0.1, 0.15) is 10.7 Å². The lowest BCUT2D eigenvalue weighted by Gasteiger charge is -2.31. The predicted octanol–water partition coefficient (Wildman–Crippen LogP) is 5.96. The third-order valence-electron chi connectivity index (χ3n) is 7.06. The first-order valence-electron chi connectivity index (χ1n) is 13.2. The maximum atomic E-state index is 13.8. The molecule has 1 aliphatic rings. The highest BCUT2D eigenvalue weighted by Gasteiger charge is 2.29. The largest absolute Gasteiger partial charge is 0.339 e. The monoisotopic (exact) mass is 549 g/mol. The van der Waals surface area contributed by atoms with Crippen LogP contribution in [0, 0.1) is 5.92 Å². The number of para-hydroxylation sites is 2. The number of pyridine rings is 1. The number of rotatable bonds is 5. The molecule has 3 heterocycles. The average molecular weight is 550 g/mol. The molecule has 0 atom stereocenters. The zero-order valence-corrected chi connectivity index (χ0v) is 22.7. The lowest BCUT2D eigenvalue weighted by atomic mass is 9.95. The van der Waals surface area contributed by atoms with Crippen LogP contribution in [0.4, 0.5) is 11.4 Å². The van der Waals surface area contributed by atoms with E-state index in [0.717, 1.165) is 26.1 Å². The normalized spacial score (nSPS) is 13.9. The number of piperidine rings is 1. The average Bonchev–Trinajstić information content (AvgIpc) is 3.41. The first-order chi connectivity index (χ1) is 19.4. The Hall–Kier alpha value is -4.63. The van der Waals surface area contributed by atoms with Gasteiger partial charge in [-0.15, -0.1) is 11.3 Å². The fourth-order valence-electron chi connectivity index (χ4n) is 5.08. The Labute approximate surface area is 235 Å².